The standard InChI is InChI=1S/C28H30ClN3O3/c1-34-25-10-4-5-11-26(25)35-19-7-18-32-24-9-3-2-8-23(24)31-27(32)12-6-17-30-28(33)20-21-13-15-22(29)16-14-21/h2-5,8-11,13-16H,6-7,12,17-20H2,1H3,(H,30,33). The van der Waals surface area contributed by atoms with Crippen molar-refractivity contribution in [3.63, 3.8) is 0 Å². The lowest BCUT2D eigenvalue weighted by atomic mass is 10.1. The molecule has 0 saturated carbocycles. The Hall–Kier alpha value is -3.51. The topological polar surface area (TPSA) is 65.4 Å². The van der Waals surface area contributed by atoms with Crippen LogP contribution in [0.5, 0.6) is 11.5 Å². The molecule has 1 N–H and O–H groups in total. The summed E-state index contributed by atoms with van der Waals surface area (Å²) in [4.78, 5) is 17.1. The number of carbonyl (C=O) groups excluding carboxylic acids is 1. The van der Waals surface area contributed by atoms with E-state index in [2.05, 4.69) is 16.0 Å². The molecular weight excluding hydrogens is 462 g/mol. The number of hydrogen-bond acceptors (Lipinski definition) is 4. The Bertz CT molecular complexity index is 1250. The predicted octanol–water partition coefficient (Wildman–Crippen LogP) is 5.46. The van der Waals surface area contributed by atoms with E-state index in [0.29, 0.717) is 24.6 Å². The van der Waals surface area contributed by atoms with Gasteiger partial charge >= 0.3 is 0 Å². The molecule has 0 radical (unpaired) electrons. The van der Waals surface area contributed by atoms with Gasteiger partial charge < -0.3 is 19.4 Å². The van der Waals surface area contributed by atoms with Gasteiger partial charge in [-0.2, -0.15) is 0 Å². The van der Waals surface area contributed by atoms with Gasteiger partial charge in [0.1, 0.15) is 5.82 Å². The number of nitrogens with zero attached hydrogens (tertiary/aromatic N) is 2. The van der Waals surface area contributed by atoms with Gasteiger partial charge in [0.05, 0.1) is 31.2 Å². The minimum Gasteiger partial charge on any atom is -0.493 e. The number of benzene rings is 3. The van der Waals surface area contributed by atoms with Gasteiger partial charge in [-0.3, -0.25) is 4.79 Å². The summed E-state index contributed by atoms with van der Waals surface area (Å²) in [5, 5.41) is 3.68. The number of amides is 1. The first-order chi connectivity index (χ1) is 17.1. The quantitative estimate of drug-likeness (QED) is 0.267. The number of aromatic nitrogens is 2. The number of aryl methyl sites for hydroxylation is 2. The highest BCUT2D eigenvalue weighted by atomic mass is 35.5. The fourth-order valence-corrected chi connectivity index (χ4v) is 4.16. The number of rotatable bonds is 12. The maximum Gasteiger partial charge on any atom is 0.224 e. The Kier molecular flexibility index (Phi) is 8.63. The van der Waals surface area contributed by atoms with Crippen LogP contribution in [0.25, 0.3) is 11.0 Å². The van der Waals surface area contributed by atoms with E-state index in [0.717, 1.165) is 59.7 Å². The zero-order valence-electron chi connectivity index (χ0n) is 19.9. The summed E-state index contributed by atoms with van der Waals surface area (Å²) in [5.74, 6) is 2.52. The van der Waals surface area contributed by atoms with Gasteiger partial charge in [-0.1, -0.05) is 48.0 Å². The number of methoxy groups -OCH3 is 1. The van der Waals surface area contributed by atoms with Gasteiger partial charge in [-0.05, 0) is 54.8 Å². The third-order valence-corrected chi connectivity index (χ3v) is 6.02. The molecule has 182 valence electrons. The van der Waals surface area contributed by atoms with Crippen molar-refractivity contribution in [1.82, 2.24) is 14.9 Å². The molecule has 0 saturated heterocycles. The summed E-state index contributed by atoms with van der Waals surface area (Å²) in [5.41, 5.74) is 3.05. The molecule has 7 heteroatoms. The van der Waals surface area contributed by atoms with Crippen LogP contribution in [0.1, 0.15) is 24.2 Å². The van der Waals surface area contributed by atoms with Crippen LogP contribution in [0.4, 0.5) is 0 Å². The molecule has 0 spiro atoms. The average Bonchev–Trinajstić information content (AvgIpc) is 3.23. The van der Waals surface area contributed by atoms with Crippen molar-refractivity contribution in [2.45, 2.75) is 32.2 Å². The number of para-hydroxylation sites is 4. The summed E-state index contributed by atoms with van der Waals surface area (Å²) in [6, 6.07) is 23.2. The monoisotopic (exact) mass is 491 g/mol. The highest BCUT2D eigenvalue weighted by molar-refractivity contribution is 6.30. The van der Waals surface area contributed by atoms with E-state index in [4.69, 9.17) is 26.1 Å². The normalized spacial score (nSPS) is 10.9. The van der Waals surface area contributed by atoms with Crippen molar-refractivity contribution in [3.8, 4) is 11.5 Å². The number of halogens is 1. The molecule has 0 aliphatic carbocycles. The molecular formula is C28H30ClN3O3. The van der Waals surface area contributed by atoms with Crippen molar-refractivity contribution in [1.29, 1.82) is 0 Å². The molecule has 1 aromatic heterocycles. The van der Waals surface area contributed by atoms with Crippen molar-refractivity contribution < 1.29 is 14.3 Å². The average molecular weight is 492 g/mol. The van der Waals surface area contributed by atoms with Crippen LogP contribution in [0.2, 0.25) is 5.02 Å². The van der Waals surface area contributed by atoms with E-state index in [1.54, 1.807) is 19.2 Å². The first kappa shape index (κ1) is 24.6. The molecule has 1 heterocycles. The molecule has 0 aliphatic heterocycles. The van der Waals surface area contributed by atoms with Crippen molar-refractivity contribution in [2.75, 3.05) is 20.3 Å². The van der Waals surface area contributed by atoms with E-state index < -0.39 is 0 Å². The van der Waals surface area contributed by atoms with Crippen LogP contribution in [0.3, 0.4) is 0 Å². The molecule has 0 aliphatic rings. The molecule has 4 aromatic rings. The number of nitrogens with one attached hydrogen (secondary N) is 1. The second-order valence-corrected chi connectivity index (χ2v) is 8.71. The van der Waals surface area contributed by atoms with Gasteiger partial charge in [0.2, 0.25) is 5.91 Å². The summed E-state index contributed by atoms with van der Waals surface area (Å²) in [7, 11) is 1.65. The number of fused-ring (bicyclic) bond motifs is 1. The lowest BCUT2D eigenvalue weighted by molar-refractivity contribution is -0.120. The molecule has 4 rings (SSSR count). The minimum absolute atomic E-state index is 0.00862. The smallest absolute Gasteiger partial charge is 0.224 e. The van der Waals surface area contributed by atoms with E-state index in [1.165, 1.54) is 0 Å². The zero-order valence-corrected chi connectivity index (χ0v) is 20.6. The van der Waals surface area contributed by atoms with E-state index in [9.17, 15) is 4.79 Å². The van der Waals surface area contributed by atoms with Crippen LogP contribution in [0.15, 0.2) is 72.8 Å². The van der Waals surface area contributed by atoms with E-state index in [1.807, 2.05) is 54.6 Å². The highest BCUT2D eigenvalue weighted by Gasteiger charge is 2.11. The minimum atomic E-state index is 0.00862. The molecule has 0 unspecified atom stereocenters. The molecule has 1 amide bonds. The Morgan fingerprint density at radius 2 is 1.71 bits per heavy atom. The zero-order chi connectivity index (χ0) is 24.5. The molecule has 0 atom stereocenters. The summed E-state index contributed by atoms with van der Waals surface area (Å²) >= 11 is 5.91. The molecule has 0 fully saturated rings. The number of ether oxygens (including phenoxy) is 2. The number of imidazole rings is 1. The van der Waals surface area contributed by atoms with E-state index >= 15 is 0 Å². The predicted molar refractivity (Wildman–Crippen MR) is 139 cm³/mol. The van der Waals surface area contributed by atoms with Crippen LogP contribution in [-0.4, -0.2) is 35.7 Å². The van der Waals surface area contributed by atoms with Crippen molar-refractivity contribution in [3.05, 3.63) is 89.2 Å². The highest BCUT2D eigenvalue weighted by Crippen LogP contribution is 2.26. The van der Waals surface area contributed by atoms with E-state index in [-0.39, 0.29) is 5.91 Å². The summed E-state index contributed by atoms with van der Waals surface area (Å²) < 4.78 is 13.6. The molecule has 3 aromatic carbocycles. The SMILES string of the molecule is COc1ccccc1OCCCn1c(CCCNC(=O)Cc2ccc(Cl)cc2)nc2ccccc21. The lowest BCUT2D eigenvalue weighted by Crippen LogP contribution is -2.26. The van der Waals surface area contributed by atoms with Gasteiger partial charge in [0, 0.05) is 24.5 Å². The Labute approximate surface area is 210 Å². The van der Waals surface area contributed by atoms with Crippen molar-refractivity contribution >= 4 is 28.5 Å². The third-order valence-electron chi connectivity index (χ3n) is 5.76. The van der Waals surface area contributed by atoms with Gasteiger partial charge in [0.25, 0.3) is 0 Å². The maximum absolute atomic E-state index is 12.3. The fourth-order valence-electron chi connectivity index (χ4n) is 4.03. The number of hydrogen-bond donors (Lipinski definition) is 1. The maximum atomic E-state index is 12.3. The van der Waals surface area contributed by atoms with Crippen LogP contribution in [0, 0.1) is 0 Å². The van der Waals surface area contributed by atoms with Gasteiger partial charge in [-0.25, -0.2) is 4.98 Å². The lowest BCUT2D eigenvalue weighted by Gasteiger charge is -2.12. The van der Waals surface area contributed by atoms with Gasteiger partial charge in [0.15, 0.2) is 11.5 Å². The summed E-state index contributed by atoms with van der Waals surface area (Å²) in [6.45, 7) is 1.98. The second kappa shape index (κ2) is 12.3. The van der Waals surface area contributed by atoms with Crippen molar-refractivity contribution in [2.24, 2.45) is 0 Å². The molecule has 6 nitrogen and oxygen atoms in total. The third kappa shape index (κ3) is 6.76. The molecule has 0 bridgehead atoms. The first-order valence-corrected chi connectivity index (χ1v) is 12.2. The van der Waals surface area contributed by atoms with Gasteiger partial charge in [-0.15, -0.1) is 0 Å². The fraction of sp³-hybridized carbons (Fsp3) is 0.286. The van der Waals surface area contributed by atoms with Crippen LogP contribution >= 0.6 is 11.6 Å². The first-order valence-electron chi connectivity index (χ1n) is 11.8. The van der Waals surface area contributed by atoms with Crippen LogP contribution in [-0.2, 0) is 24.2 Å². The van der Waals surface area contributed by atoms with Crippen LogP contribution < -0.4 is 14.8 Å². The Balaban J connectivity index is 1.29. The molecule has 35 heavy (non-hydrogen) atoms. The summed E-state index contributed by atoms with van der Waals surface area (Å²) in [6.07, 6.45) is 2.78. The Morgan fingerprint density at radius 3 is 2.51 bits per heavy atom. The number of carbonyl (C=O) groups is 1. The Morgan fingerprint density at radius 1 is 0.971 bits per heavy atom. The largest absolute Gasteiger partial charge is 0.493 e. The second-order valence-electron chi connectivity index (χ2n) is 8.28.